The number of ether oxygens (including phenoxy) is 1. The van der Waals surface area contributed by atoms with Crippen LogP contribution < -0.4 is 4.74 Å². The van der Waals surface area contributed by atoms with Crippen LogP contribution >= 0.6 is 11.3 Å². The molecule has 0 atom stereocenters. The summed E-state index contributed by atoms with van der Waals surface area (Å²) in [5.74, 6) is 0.520. The van der Waals surface area contributed by atoms with Gasteiger partial charge in [-0.05, 0) is 40.3 Å². The molecule has 7 rings (SSSR count). The average Bonchev–Trinajstić information content (AvgIpc) is 3.64. The van der Waals surface area contributed by atoms with Crippen molar-refractivity contribution in [3.63, 3.8) is 0 Å². The van der Waals surface area contributed by atoms with Gasteiger partial charge in [0.05, 0.1) is 23.1 Å². The number of methoxy groups -OCH3 is 1. The van der Waals surface area contributed by atoms with Gasteiger partial charge in [-0.25, -0.2) is 4.68 Å². The highest BCUT2D eigenvalue weighted by Gasteiger charge is 2.41. The van der Waals surface area contributed by atoms with E-state index in [2.05, 4.69) is 114 Å². The molecule has 0 radical (unpaired) electrons. The zero-order valence-electron chi connectivity index (χ0n) is 22.4. The third kappa shape index (κ3) is 3.92. The molecule has 0 spiro atoms. The Bertz CT molecular complexity index is 1910. The predicted molar refractivity (Wildman–Crippen MR) is 166 cm³/mol. The number of thiophene rings is 1. The second kappa shape index (κ2) is 10.1. The third-order valence-corrected chi connectivity index (χ3v) is 8.80. The summed E-state index contributed by atoms with van der Waals surface area (Å²) in [6.45, 7) is 0. The maximum atomic E-state index is 10.0. The van der Waals surface area contributed by atoms with Crippen molar-refractivity contribution in [1.29, 1.82) is 5.26 Å². The lowest BCUT2D eigenvalue weighted by Gasteiger charge is -2.37. The van der Waals surface area contributed by atoms with Crippen molar-refractivity contribution in [2.75, 3.05) is 7.11 Å². The first kappa shape index (κ1) is 24.8. The largest absolute Gasteiger partial charge is 0.495 e. The van der Waals surface area contributed by atoms with Gasteiger partial charge in [0, 0.05) is 16.2 Å². The fourth-order valence-electron chi connectivity index (χ4n) is 5.84. The summed E-state index contributed by atoms with van der Waals surface area (Å²) in [6.07, 6.45) is 0. The Hall–Kier alpha value is -5.18. The Morgan fingerprint density at radius 2 is 1.29 bits per heavy atom. The van der Waals surface area contributed by atoms with E-state index in [0.717, 1.165) is 38.2 Å². The number of hydrogen-bond acceptors (Lipinski definition) is 4. The van der Waals surface area contributed by atoms with Crippen molar-refractivity contribution >= 4 is 32.3 Å². The molecule has 5 aromatic carbocycles. The molecular weight excluding hydrogens is 522 g/mol. The molecule has 5 heteroatoms. The van der Waals surface area contributed by atoms with Crippen molar-refractivity contribution < 1.29 is 4.74 Å². The van der Waals surface area contributed by atoms with Gasteiger partial charge >= 0.3 is 0 Å². The minimum atomic E-state index is -0.809. The molecule has 0 bridgehead atoms. The number of nitrogens with zero attached hydrogens (tertiary/aromatic N) is 3. The highest BCUT2D eigenvalue weighted by atomic mass is 32.1. The molecule has 0 aliphatic heterocycles. The minimum absolute atomic E-state index is 0.478. The summed E-state index contributed by atoms with van der Waals surface area (Å²) in [5, 5.41) is 17.6. The Kier molecular flexibility index (Phi) is 6.11. The molecule has 0 saturated heterocycles. The molecule has 0 N–H and O–H groups in total. The summed E-state index contributed by atoms with van der Waals surface area (Å²) < 4.78 is 9.06. The molecule has 2 heterocycles. The molecule has 2 aromatic heterocycles. The summed E-state index contributed by atoms with van der Waals surface area (Å²) in [4.78, 5) is 1.05. The first-order valence-electron chi connectivity index (χ1n) is 13.4. The van der Waals surface area contributed by atoms with Crippen LogP contribution in [0.1, 0.15) is 22.3 Å². The predicted octanol–water partition coefficient (Wildman–Crippen LogP) is 8.64. The van der Waals surface area contributed by atoms with Crippen molar-refractivity contribution in [2.24, 2.45) is 0 Å². The van der Waals surface area contributed by atoms with E-state index < -0.39 is 5.54 Å². The number of rotatable bonds is 6. The monoisotopic (exact) mass is 547 g/mol. The minimum Gasteiger partial charge on any atom is -0.495 e. The second-order valence-electron chi connectivity index (χ2n) is 9.90. The molecular formula is C36H25N3OS. The smallest absolute Gasteiger partial charge is 0.138 e. The van der Waals surface area contributed by atoms with Crippen molar-refractivity contribution in [2.45, 2.75) is 5.54 Å². The van der Waals surface area contributed by atoms with Crippen LogP contribution in [-0.4, -0.2) is 16.9 Å². The zero-order valence-corrected chi connectivity index (χ0v) is 23.2. The molecule has 0 aliphatic carbocycles. The van der Waals surface area contributed by atoms with E-state index in [1.807, 2.05) is 30.3 Å². The standard InChI is InChI=1S/C36H25N3OS/c1-40-32-23-31-30(21-26(32)24-37)35(34-22-25-13-11-12-20-33(25)41-34)38-39(31)36(27-14-5-2-6-15-27,28-16-7-3-8-17-28)29-18-9-4-10-19-29/h2-23H,1H3. The average molecular weight is 548 g/mol. The van der Waals surface area contributed by atoms with Crippen LogP contribution in [0.15, 0.2) is 133 Å². The van der Waals surface area contributed by atoms with Gasteiger partial charge in [0.1, 0.15) is 23.1 Å². The van der Waals surface area contributed by atoms with Gasteiger partial charge in [0.25, 0.3) is 0 Å². The first-order valence-corrected chi connectivity index (χ1v) is 14.2. The van der Waals surface area contributed by atoms with E-state index in [4.69, 9.17) is 9.84 Å². The van der Waals surface area contributed by atoms with Crippen molar-refractivity contribution in [1.82, 2.24) is 9.78 Å². The van der Waals surface area contributed by atoms with E-state index in [9.17, 15) is 5.26 Å². The van der Waals surface area contributed by atoms with Crippen LogP contribution in [0.5, 0.6) is 5.75 Å². The van der Waals surface area contributed by atoms with Crippen LogP contribution in [0.2, 0.25) is 0 Å². The Morgan fingerprint density at radius 1 is 0.732 bits per heavy atom. The number of nitriles is 1. The van der Waals surface area contributed by atoms with E-state index in [0.29, 0.717) is 11.3 Å². The molecule has 41 heavy (non-hydrogen) atoms. The van der Waals surface area contributed by atoms with Gasteiger partial charge in [0.15, 0.2) is 0 Å². The fraction of sp³-hybridized carbons (Fsp3) is 0.0556. The van der Waals surface area contributed by atoms with Crippen LogP contribution in [0.3, 0.4) is 0 Å². The van der Waals surface area contributed by atoms with Crippen LogP contribution in [-0.2, 0) is 5.54 Å². The molecule has 4 nitrogen and oxygen atoms in total. The third-order valence-electron chi connectivity index (χ3n) is 7.67. The fourth-order valence-corrected chi connectivity index (χ4v) is 6.90. The highest BCUT2D eigenvalue weighted by molar-refractivity contribution is 7.22. The molecule has 0 fully saturated rings. The quantitative estimate of drug-likeness (QED) is 0.196. The van der Waals surface area contributed by atoms with Crippen LogP contribution in [0, 0.1) is 11.3 Å². The van der Waals surface area contributed by atoms with Gasteiger partial charge in [0.2, 0.25) is 0 Å². The zero-order chi connectivity index (χ0) is 27.8. The van der Waals surface area contributed by atoms with E-state index in [1.54, 1.807) is 18.4 Å². The summed E-state index contributed by atoms with van der Waals surface area (Å²) in [6, 6.07) is 48.3. The highest BCUT2D eigenvalue weighted by Crippen LogP contribution is 2.46. The van der Waals surface area contributed by atoms with Crippen LogP contribution in [0.4, 0.5) is 0 Å². The second-order valence-corrected chi connectivity index (χ2v) is 11.0. The maximum absolute atomic E-state index is 10.0. The SMILES string of the molecule is COc1cc2c(cc1C#N)c(-c1cc3ccccc3s1)nn2C(c1ccccc1)(c1ccccc1)c1ccccc1. The lowest BCUT2D eigenvalue weighted by atomic mass is 9.77. The maximum Gasteiger partial charge on any atom is 0.138 e. The lowest BCUT2D eigenvalue weighted by Crippen LogP contribution is -2.38. The molecule has 0 unspecified atom stereocenters. The normalized spacial score (nSPS) is 11.5. The topological polar surface area (TPSA) is 50.8 Å². The summed E-state index contributed by atoms with van der Waals surface area (Å²) in [7, 11) is 1.61. The summed E-state index contributed by atoms with van der Waals surface area (Å²) in [5.41, 5.74) is 4.62. The molecule has 0 aliphatic rings. The van der Waals surface area contributed by atoms with Gasteiger partial charge in [-0.15, -0.1) is 11.3 Å². The van der Waals surface area contributed by atoms with Gasteiger partial charge in [-0.1, -0.05) is 109 Å². The van der Waals surface area contributed by atoms with Crippen molar-refractivity contribution in [3.8, 4) is 22.4 Å². The number of fused-ring (bicyclic) bond motifs is 2. The molecule has 0 saturated carbocycles. The van der Waals surface area contributed by atoms with Crippen molar-refractivity contribution in [3.05, 3.63) is 156 Å². The lowest BCUT2D eigenvalue weighted by molar-refractivity contribution is 0.413. The Labute approximate surface area is 242 Å². The van der Waals surface area contributed by atoms with E-state index >= 15 is 0 Å². The first-order chi connectivity index (χ1) is 20.2. The Morgan fingerprint density at radius 3 is 1.83 bits per heavy atom. The number of hydrogen-bond donors (Lipinski definition) is 0. The summed E-state index contributed by atoms with van der Waals surface area (Å²) >= 11 is 1.71. The number of benzene rings is 5. The van der Waals surface area contributed by atoms with Gasteiger partial charge < -0.3 is 4.74 Å². The van der Waals surface area contributed by atoms with Gasteiger partial charge in [-0.3, -0.25) is 0 Å². The molecule has 7 aromatic rings. The number of aromatic nitrogens is 2. The van der Waals surface area contributed by atoms with Gasteiger partial charge in [-0.2, -0.15) is 10.4 Å². The molecule has 196 valence electrons. The van der Waals surface area contributed by atoms with E-state index in [1.165, 1.54) is 10.1 Å². The molecule has 0 amide bonds. The van der Waals surface area contributed by atoms with Crippen LogP contribution in [0.25, 0.3) is 31.6 Å². The Balaban J connectivity index is 1.67. The van der Waals surface area contributed by atoms with E-state index in [-0.39, 0.29) is 0 Å².